The Hall–Kier alpha value is -0.120. The minimum absolute atomic E-state index is 0.695. The second kappa shape index (κ2) is 7.46. The first-order valence-electron chi connectivity index (χ1n) is 7.83. The molecule has 0 bridgehead atoms. The molecule has 2 rings (SSSR count). The Labute approximate surface area is 112 Å². The third-order valence-corrected chi connectivity index (χ3v) is 4.72. The van der Waals surface area contributed by atoms with Crippen LogP contribution in [0.15, 0.2) is 0 Å². The van der Waals surface area contributed by atoms with Crippen molar-refractivity contribution in [3.05, 3.63) is 0 Å². The first kappa shape index (κ1) is 14.3. The summed E-state index contributed by atoms with van der Waals surface area (Å²) in [6.07, 6.45) is 5.29. The third-order valence-electron chi connectivity index (χ3n) is 4.72. The average Bonchev–Trinajstić information content (AvgIpc) is 2.41. The lowest BCUT2D eigenvalue weighted by atomic mass is 9.89. The molecule has 1 atom stereocenters. The summed E-state index contributed by atoms with van der Waals surface area (Å²) >= 11 is 0. The maximum Gasteiger partial charge on any atom is 0.0469 e. The van der Waals surface area contributed by atoms with Crippen molar-refractivity contribution in [2.75, 3.05) is 39.4 Å². The maximum absolute atomic E-state index is 5.44. The van der Waals surface area contributed by atoms with Crippen LogP contribution < -0.4 is 5.32 Å². The number of nitrogens with one attached hydrogen (secondary N) is 1. The van der Waals surface area contributed by atoms with E-state index in [1.807, 2.05) is 0 Å². The van der Waals surface area contributed by atoms with Crippen LogP contribution in [0.3, 0.4) is 0 Å². The molecule has 2 aliphatic heterocycles. The van der Waals surface area contributed by atoms with E-state index in [0.717, 1.165) is 31.6 Å². The zero-order valence-electron chi connectivity index (χ0n) is 12.2. The Morgan fingerprint density at radius 1 is 1.17 bits per heavy atom. The molecular formula is C15H30N2O. The van der Waals surface area contributed by atoms with Crippen LogP contribution in [0.4, 0.5) is 0 Å². The Bertz CT molecular complexity index is 221. The molecule has 1 N–H and O–H groups in total. The highest BCUT2D eigenvalue weighted by Crippen LogP contribution is 2.23. The van der Waals surface area contributed by atoms with E-state index < -0.39 is 0 Å². The second-order valence-electron chi connectivity index (χ2n) is 6.04. The number of likely N-dealkylation sites (tertiary alicyclic amines) is 1. The molecule has 2 saturated heterocycles. The minimum Gasteiger partial charge on any atom is -0.381 e. The normalized spacial score (nSPS) is 26.3. The zero-order valence-corrected chi connectivity index (χ0v) is 12.2. The molecule has 0 aromatic rings. The lowest BCUT2D eigenvalue weighted by Crippen LogP contribution is -2.43. The van der Waals surface area contributed by atoms with Crippen LogP contribution in [0, 0.1) is 11.8 Å². The summed E-state index contributed by atoms with van der Waals surface area (Å²) in [5.74, 6) is 1.78. The van der Waals surface area contributed by atoms with E-state index in [4.69, 9.17) is 4.74 Å². The zero-order chi connectivity index (χ0) is 12.8. The monoisotopic (exact) mass is 254 g/mol. The van der Waals surface area contributed by atoms with Crippen molar-refractivity contribution < 1.29 is 4.74 Å². The molecule has 0 aromatic carbocycles. The predicted octanol–water partition coefficient (Wildman–Crippen LogP) is 2.12. The molecule has 18 heavy (non-hydrogen) atoms. The molecule has 2 fully saturated rings. The van der Waals surface area contributed by atoms with E-state index in [9.17, 15) is 0 Å². The Morgan fingerprint density at radius 3 is 2.44 bits per heavy atom. The fraction of sp³-hybridized carbons (Fsp3) is 1.00. The van der Waals surface area contributed by atoms with Crippen molar-refractivity contribution in [1.82, 2.24) is 10.2 Å². The summed E-state index contributed by atoms with van der Waals surface area (Å²) in [5, 5.41) is 3.58. The number of rotatable bonds is 5. The number of nitrogens with zero attached hydrogens (tertiary/aromatic N) is 1. The molecular weight excluding hydrogens is 224 g/mol. The molecule has 0 radical (unpaired) electrons. The molecule has 0 aliphatic carbocycles. The van der Waals surface area contributed by atoms with E-state index in [1.165, 1.54) is 45.3 Å². The van der Waals surface area contributed by atoms with Crippen molar-refractivity contribution >= 4 is 0 Å². The van der Waals surface area contributed by atoms with Gasteiger partial charge in [-0.05, 0) is 64.1 Å². The van der Waals surface area contributed by atoms with Gasteiger partial charge >= 0.3 is 0 Å². The molecule has 2 heterocycles. The molecule has 0 amide bonds. The standard InChI is InChI=1S/C15H30N2O/c1-3-16-13(2)15-4-8-17(9-5-15)12-14-6-10-18-11-7-14/h13-16H,3-12H2,1-2H3. The van der Waals surface area contributed by atoms with Crippen LogP contribution in [0.1, 0.15) is 39.5 Å². The lowest BCUT2D eigenvalue weighted by molar-refractivity contribution is 0.0455. The predicted molar refractivity (Wildman–Crippen MR) is 75.8 cm³/mol. The summed E-state index contributed by atoms with van der Waals surface area (Å²) in [6.45, 7) is 11.5. The molecule has 2 aliphatic rings. The van der Waals surface area contributed by atoms with Gasteiger partial charge in [0.1, 0.15) is 0 Å². The van der Waals surface area contributed by atoms with Gasteiger partial charge in [0.25, 0.3) is 0 Å². The largest absolute Gasteiger partial charge is 0.381 e. The Balaban J connectivity index is 1.66. The van der Waals surface area contributed by atoms with E-state index in [0.29, 0.717) is 6.04 Å². The fourth-order valence-electron chi connectivity index (χ4n) is 3.42. The van der Waals surface area contributed by atoms with Crippen molar-refractivity contribution in [2.24, 2.45) is 11.8 Å². The molecule has 106 valence electrons. The molecule has 0 aromatic heterocycles. The molecule has 3 nitrogen and oxygen atoms in total. The van der Waals surface area contributed by atoms with Gasteiger partial charge in [0, 0.05) is 25.8 Å². The molecule has 0 saturated carbocycles. The van der Waals surface area contributed by atoms with E-state index in [2.05, 4.69) is 24.1 Å². The first-order chi connectivity index (χ1) is 8.79. The smallest absolute Gasteiger partial charge is 0.0469 e. The summed E-state index contributed by atoms with van der Waals surface area (Å²) in [6, 6.07) is 0.695. The van der Waals surface area contributed by atoms with Gasteiger partial charge in [0.2, 0.25) is 0 Å². The Morgan fingerprint density at radius 2 is 1.83 bits per heavy atom. The van der Waals surface area contributed by atoms with Crippen LogP contribution in [-0.2, 0) is 4.74 Å². The summed E-state index contributed by atoms with van der Waals surface area (Å²) in [5.41, 5.74) is 0. The summed E-state index contributed by atoms with van der Waals surface area (Å²) in [4.78, 5) is 2.69. The summed E-state index contributed by atoms with van der Waals surface area (Å²) < 4.78 is 5.44. The minimum atomic E-state index is 0.695. The van der Waals surface area contributed by atoms with Gasteiger partial charge < -0.3 is 15.0 Å². The van der Waals surface area contributed by atoms with Gasteiger partial charge in [-0.1, -0.05) is 6.92 Å². The highest BCUT2D eigenvalue weighted by Gasteiger charge is 2.25. The summed E-state index contributed by atoms with van der Waals surface area (Å²) in [7, 11) is 0. The first-order valence-corrected chi connectivity index (χ1v) is 7.83. The van der Waals surface area contributed by atoms with Crippen molar-refractivity contribution in [3.63, 3.8) is 0 Å². The van der Waals surface area contributed by atoms with Gasteiger partial charge in [-0.15, -0.1) is 0 Å². The number of ether oxygens (including phenoxy) is 1. The van der Waals surface area contributed by atoms with Crippen LogP contribution in [-0.4, -0.2) is 50.3 Å². The quantitative estimate of drug-likeness (QED) is 0.813. The lowest BCUT2D eigenvalue weighted by Gasteiger charge is -2.37. The van der Waals surface area contributed by atoms with Crippen molar-refractivity contribution in [1.29, 1.82) is 0 Å². The average molecular weight is 254 g/mol. The van der Waals surface area contributed by atoms with Gasteiger partial charge in [0.05, 0.1) is 0 Å². The number of hydrogen-bond donors (Lipinski definition) is 1. The SMILES string of the molecule is CCNC(C)C1CCN(CC2CCOCC2)CC1. The van der Waals surface area contributed by atoms with Gasteiger partial charge in [-0.2, -0.15) is 0 Å². The van der Waals surface area contributed by atoms with E-state index >= 15 is 0 Å². The van der Waals surface area contributed by atoms with Crippen molar-refractivity contribution in [3.8, 4) is 0 Å². The van der Waals surface area contributed by atoms with Crippen LogP contribution in [0.2, 0.25) is 0 Å². The Kier molecular flexibility index (Phi) is 5.93. The van der Waals surface area contributed by atoms with Crippen molar-refractivity contribution in [2.45, 2.75) is 45.6 Å². The van der Waals surface area contributed by atoms with E-state index in [-0.39, 0.29) is 0 Å². The van der Waals surface area contributed by atoms with Crippen LogP contribution in [0.25, 0.3) is 0 Å². The topological polar surface area (TPSA) is 24.5 Å². The maximum atomic E-state index is 5.44. The highest BCUT2D eigenvalue weighted by molar-refractivity contribution is 4.80. The van der Waals surface area contributed by atoms with Crippen LogP contribution in [0.5, 0.6) is 0 Å². The molecule has 3 heteroatoms. The highest BCUT2D eigenvalue weighted by atomic mass is 16.5. The van der Waals surface area contributed by atoms with Crippen LogP contribution >= 0.6 is 0 Å². The molecule has 1 unspecified atom stereocenters. The van der Waals surface area contributed by atoms with Gasteiger partial charge in [0.15, 0.2) is 0 Å². The van der Waals surface area contributed by atoms with E-state index in [1.54, 1.807) is 0 Å². The number of hydrogen-bond acceptors (Lipinski definition) is 3. The van der Waals surface area contributed by atoms with Gasteiger partial charge in [-0.25, -0.2) is 0 Å². The number of piperidine rings is 1. The second-order valence-corrected chi connectivity index (χ2v) is 6.04. The van der Waals surface area contributed by atoms with Gasteiger partial charge in [-0.3, -0.25) is 0 Å². The molecule has 0 spiro atoms. The third kappa shape index (κ3) is 4.22. The fourth-order valence-corrected chi connectivity index (χ4v) is 3.42.